The molecule has 0 saturated carbocycles. The highest BCUT2D eigenvalue weighted by molar-refractivity contribution is 7.92. The van der Waals surface area contributed by atoms with Crippen molar-refractivity contribution >= 4 is 15.7 Å². The summed E-state index contributed by atoms with van der Waals surface area (Å²) in [5.41, 5.74) is 0.554. The van der Waals surface area contributed by atoms with Crippen LogP contribution in [0, 0.1) is 0 Å². The van der Waals surface area contributed by atoms with Gasteiger partial charge in [-0.05, 0) is 32.4 Å². The van der Waals surface area contributed by atoms with Crippen molar-refractivity contribution < 1.29 is 8.42 Å². The van der Waals surface area contributed by atoms with E-state index in [-0.39, 0.29) is 11.1 Å². The zero-order valence-electron chi connectivity index (χ0n) is 12.5. The van der Waals surface area contributed by atoms with Gasteiger partial charge in [0.2, 0.25) is 0 Å². The second-order valence-corrected chi connectivity index (χ2v) is 6.85. The third kappa shape index (κ3) is 3.24. The molecule has 0 saturated heterocycles. The van der Waals surface area contributed by atoms with Crippen molar-refractivity contribution in [2.75, 3.05) is 10.8 Å². The fraction of sp³-hybridized carbons (Fsp3) is 0.429. The molecule has 2 rings (SSSR count). The smallest absolute Gasteiger partial charge is 0.283 e. The molecule has 0 aliphatic heterocycles. The summed E-state index contributed by atoms with van der Waals surface area (Å²) in [5, 5.41) is 0.0634. The van der Waals surface area contributed by atoms with Gasteiger partial charge >= 0.3 is 0 Å². The molecule has 0 spiro atoms. The maximum absolute atomic E-state index is 12.8. The molecule has 0 amide bonds. The van der Waals surface area contributed by atoms with Crippen LogP contribution in [0.2, 0.25) is 0 Å². The number of hydrogen-bond acceptors (Lipinski definition) is 4. The van der Waals surface area contributed by atoms with Crippen molar-refractivity contribution in [3.63, 3.8) is 0 Å². The average molecular weight is 308 g/mol. The maximum atomic E-state index is 12.8. The summed E-state index contributed by atoms with van der Waals surface area (Å²) >= 11 is 0. The molecule has 6 nitrogen and oxygen atoms in total. The van der Waals surface area contributed by atoms with Gasteiger partial charge in [-0.1, -0.05) is 6.92 Å². The van der Waals surface area contributed by atoms with Crippen LogP contribution in [0.5, 0.6) is 0 Å². The molecular formula is C14H20N4O2S. The van der Waals surface area contributed by atoms with E-state index >= 15 is 0 Å². The summed E-state index contributed by atoms with van der Waals surface area (Å²) in [7, 11) is -3.67. The summed E-state index contributed by atoms with van der Waals surface area (Å²) in [5.74, 6) is 0. The van der Waals surface area contributed by atoms with Gasteiger partial charge in [0, 0.05) is 25.0 Å². The minimum Gasteiger partial charge on any atom is -0.334 e. The monoisotopic (exact) mass is 308 g/mol. The summed E-state index contributed by atoms with van der Waals surface area (Å²) in [6.07, 6.45) is 6.99. The molecule has 21 heavy (non-hydrogen) atoms. The summed E-state index contributed by atoms with van der Waals surface area (Å²) in [4.78, 5) is 8.05. The van der Waals surface area contributed by atoms with E-state index in [1.807, 2.05) is 20.8 Å². The van der Waals surface area contributed by atoms with Crippen molar-refractivity contribution in [1.29, 1.82) is 0 Å². The van der Waals surface area contributed by atoms with Gasteiger partial charge in [0.05, 0.1) is 18.2 Å². The largest absolute Gasteiger partial charge is 0.334 e. The maximum Gasteiger partial charge on any atom is 0.283 e. The number of imidazole rings is 1. The molecule has 0 aliphatic rings. The highest BCUT2D eigenvalue weighted by Gasteiger charge is 2.27. The summed E-state index contributed by atoms with van der Waals surface area (Å²) in [6.45, 7) is 6.28. The Morgan fingerprint density at radius 1 is 1.38 bits per heavy atom. The molecule has 0 aliphatic carbocycles. The van der Waals surface area contributed by atoms with E-state index in [4.69, 9.17) is 0 Å². The van der Waals surface area contributed by atoms with Crippen LogP contribution in [0.15, 0.2) is 42.1 Å². The van der Waals surface area contributed by atoms with Crippen molar-refractivity contribution in [3.8, 4) is 0 Å². The van der Waals surface area contributed by atoms with Gasteiger partial charge in [-0.25, -0.2) is 4.98 Å². The zero-order valence-corrected chi connectivity index (χ0v) is 13.3. The Bertz CT molecular complexity index is 680. The Labute approximate surface area is 125 Å². The fourth-order valence-corrected chi connectivity index (χ4v) is 3.41. The van der Waals surface area contributed by atoms with E-state index in [2.05, 4.69) is 9.97 Å². The van der Waals surface area contributed by atoms with E-state index in [1.165, 1.54) is 4.31 Å². The molecule has 0 unspecified atom stereocenters. The first-order valence-corrected chi connectivity index (χ1v) is 8.37. The molecule has 2 heterocycles. The lowest BCUT2D eigenvalue weighted by Crippen LogP contribution is -2.32. The predicted octanol–water partition coefficient (Wildman–Crippen LogP) is 2.46. The zero-order chi connectivity index (χ0) is 15.5. The first kappa shape index (κ1) is 15.5. The Balaban J connectivity index is 2.42. The highest BCUT2D eigenvalue weighted by atomic mass is 32.2. The van der Waals surface area contributed by atoms with Gasteiger partial charge in [-0.15, -0.1) is 0 Å². The number of hydrogen-bond donors (Lipinski definition) is 0. The van der Waals surface area contributed by atoms with Crippen LogP contribution in [0.3, 0.4) is 0 Å². The minimum atomic E-state index is -3.67. The van der Waals surface area contributed by atoms with Crippen LogP contribution in [-0.2, 0) is 10.0 Å². The van der Waals surface area contributed by atoms with Crippen molar-refractivity contribution in [2.45, 2.75) is 38.3 Å². The lowest BCUT2D eigenvalue weighted by Gasteiger charge is -2.22. The van der Waals surface area contributed by atoms with Crippen LogP contribution in [0.4, 0.5) is 5.69 Å². The molecule has 0 aromatic carbocycles. The second kappa shape index (κ2) is 6.26. The number of pyridine rings is 1. The summed E-state index contributed by atoms with van der Waals surface area (Å²) < 4.78 is 28.7. The lowest BCUT2D eigenvalue weighted by molar-refractivity contribution is 0.583. The first-order valence-electron chi connectivity index (χ1n) is 6.93. The van der Waals surface area contributed by atoms with E-state index < -0.39 is 10.0 Å². The topological polar surface area (TPSA) is 68.1 Å². The minimum absolute atomic E-state index is 0.0634. The first-order chi connectivity index (χ1) is 9.96. The van der Waals surface area contributed by atoms with Crippen LogP contribution >= 0.6 is 0 Å². The van der Waals surface area contributed by atoms with Gasteiger partial charge in [0.15, 0.2) is 5.03 Å². The Morgan fingerprint density at radius 3 is 2.67 bits per heavy atom. The standard InChI is InChI=1S/C14H20N4O2S/c1-4-8-18(13-6-5-7-15-9-13)21(19,20)14-10-17(11-16-14)12(2)3/h5-7,9-12H,4,8H2,1-3H3. The molecule has 0 N–H and O–H groups in total. The number of nitrogens with zero attached hydrogens (tertiary/aromatic N) is 4. The Hall–Kier alpha value is -1.89. The van der Waals surface area contributed by atoms with Gasteiger partial charge in [0.1, 0.15) is 0 Å². The third-order valence-electron chi connectivity index (χ3n) is 3.09. The van der Waals surface area contributed by atoms with Crippen molar-refractivity contribution in [2.24, 2.45) is 0 Å². The quantitative estimate of drug-likeness (QED) is 0.822. The Morgan fingerprint density at radius 2 is 2.14 bits per heavy atom. The number of aromatic nitrogens is 3. The molecule has 0 fully saturated rings. The Kier molecular flexibility index (Phi) is 4.62. The number of anilines is 1. The number of rotatable bonds is 6. The normalized spacial score (nSPS) is 11.8. The molecule has 0 bridgehead atoms. The van der Waals surface area contributed by atoms with E-state index in [0.717, 1.165) is 0 Å². The van der Waals surface area contributed by atoms with Crippen molar-refractivity contribution in [1.82, 2.24) is 14.5 Å². The van der Waals surface area contributed by atoms with Crippen LogP contribution in [0.1, 0.15) is 33.2 Å². The van der Waals surface area contributed by atoms with Crippen molar-refractivity contribution in [3.05, 3.63) is 37.1 Å². The molecule has 0 radical (unpaired) electrons. The molecular weight excluding hydrogens is 288 g/mol. The molecule has 0 atom stereocenters. The van der Waals surface area contributed by atoms with Gasteiger partial charge in [-0.3, -0.25) is 9.29 Å². The molecule has 2 aromatic rings. The molecule has 114 valence electrons. The average Bonchev–Trinajstić information content (AvgIpc) is 2.96. The SMILES string of the molecule is CCCN(c1cccnc1)S(=O)(=O)c1cn(C(C)C)cn1. The molecule has 7 heteroatoms. The van der Waals surface area contributed by atoms with Gasteiger partial charge in [-0.2, -0.15) is 8.42 Å². The summed E-state index contributed by atoms with van der Waals surface area (Å²) in [6, 6.07) is 3.62. The second-order valence-electron chi connectivity index (χ2n) is 5.04. The third-order valence-corrected chi connectivity index (χ3v) is 4.80. The fourth-order valence-electron chi connectivity index (χ4n) is 1.94. The highest BCUT2D eigenvalue weighted by Crippen LogP contribution is 2.22. The van der Waals surface area contributed by atoms with Crippen LogP contribution in [0.25, 0.3) is 0 Å². The van der Waals surface area contributed by atoms with E-state index in [1.54, 1.807) is 41.6 Å². The molecule has 2 aromatic heterocycles. The van der Waals surface area contributed by atoms with Gasteiger partial charge in [0.25, 0.3) is 10.0 Å². The number of sulfonamides is 1. The van der Waals surface area contributed by atoms with E-state index in [9.17, 15) is 8.42 Å². The predicted molar refractivity (Wildman–Crippen MR) is 81.7 cm³/mol. The van der Waals surface area contributed by atoms with E-state index in [0.29, 0.717) is 18.7 Å². The lowest BCUT2D eigenvalue weighted by atomic mass is 10.4. The van der Waals surface area contributed by atoms with Crippen LogP contribution < -0.4 is 4.31 Å². The van der Waals surface area contributed by atoms with Crippen LogP contribution in [-0.4, -0.2) is 29.5 Å². The van der Waals surface area contributed by atoms with Gasteiger partial charge < -0.3 is 4.57 Å².